The fraction of sp³-hybridized carbons (Fsp3) is 0.222. The zero-order valence-electron chi connectivity index (χ0n) is 15.5. The molecule has 2 aromatic rings. The van der Waals surface area contributed by atoms with E-state index in [-0.39, 0.29) is 35.8 Å². The number of aromatic amines is 1. The molecule has 0 spiro atoms. The Bertz CT molecular complexity index is 1030. The lowest BCUT2D eigenvalue weighted by Gasteiger charge is -2.15. The van der Waals surface area contributed by atoms with Crippen LogP contribution in [0.4, 0.5) is 5.82 Å². The van der Waals surface area contributed by atoms with E-state index in [1.807, 2.05) is 4.98 Å². The number of carbonyl (C=O) groups is 3. The quantitative estimate of drug-likeness (QED) is 0.364. The van der Waals surface area contributed by atoms with Gasteiger partial charge in [0.2, 0.25) is 0 Å². The third-order valence-corrected chi connectivity index (χ3v) is 3.77. The molecule has 1 aromatic heterocycles. The van der Waals surface area contributed by atoms with E-state index in [9.17, 15) is 29.4 Å². The summed E-state index contributed by atoms with van der Waals surface area (Å²) in [5.74, 6) is -3.72. The Hall–Kier alpha value is -4.02. The molecule has 0 aliphatic heterocycles. The second-order valence-electron chi connectivity index (χ2n) is 5.66. The van der Waals surface area contributed by atoms with Gasteiger partial charge in [-0.1, -0.05) is 6.07 Å². The van der Waals surface area contributed by atoms with Crippen LogP contribution in [0.3, 0.4) is 0 Å². The molecule has 5 N–H and O–H groups in total. The van der Waals surface area contributed by atoms with Crippen LogP contribution >= 0.6 is 0 Å². The highest BCUT2D eigenvalue weighted by atomic mass is 16.6. The Morgan fingerprint density at radius 2 is 1.72 bits per heavy atom. The summed E-state index contributed by atoms with van der Waals surface area (Å²) in [6, 6.07) is 4.07. The molecule has 11 nitrogen and oxygen atoms in total. The number of nitrogens with one attached hydrogen (secondary N) is 1. The Balaban J connectivity index is 2.57. The largest absolute Gasteiger partial charge is 0.493 e. The van der Waals surface area contributed by atoms with Crippen molar-refractivity contribution in [2.24, 2.45) is 0 Å². The molecule has 0 fully saturated rings. The van der Waals surface area contributed by atoms with Crippen LogP contribution < -0.4 is 20.8 Å². The van der Waals surface area contributed by atoms with E-state index in [1.165, 1.54) is 32.2 Å². The average molecular weight is 406 g/mol. The second kappa shape index (κ2) is 8.78. The topological polar surface area (TPSA) is 178 Å². The summed E-state index contributed by atoms with van der Waals surface area (Å²) in [5.41, 5.74) is 2.93. The molecule has 1 aromatic carbocycles. The minimum atomic E-state index is -1.62. The van der Waals surface area contributed by atoms with E-state index in [2.05, 4.69) is 0 Å². The lowest BCUT2D eigenvalue weighted by Crippen LogP contribution is -2.24. The number of carboxylic acids is 2. The maximum absolute atomic E-state index is 12.1. The van der Waals surface area contributed by atoms with Crippen molar-refractivity contribution in [1.82, 2.24) is 4.98 Å². The first-order chi connectivity index (χ1) is 13.7. The van der Waals surface area contributed by atoms with Gasteiger partial charge in [-0.3, -0.25) is 9.59 Å². The predicted molar refractivity (Wildman–Crippen MR) is 99.5 cm³/mol. The summed E-state index contributed by atoms with van der Waals surface area (Å²) in [5, 5.41) is 18.9. The van der Waals surface area contributed by atoms with Gasteiger partial charge in [-0.05, 0) is 17.7 Å². The molecule has 11 heteroatoms. The molecule has 0 aliphatic rings. The van der Waals surface area contributed by atoms with Crippen molar-refractivity contribution in [2.75, 3.05) is 26.1 Å². The average Bonchev–Trinajstić information content (AvgIpc) is 2.63. The molecular weight excluding hydrogens is 388 g/mol. The molecule has 2 rings (SSSR count). The van der Waals surface area contributed by atoms with Gasteiger partial charge in [-0.2, -0.15) is 0 Å². The number of H-pyrrole nitrogens is 1. The lowest BCUT2D eigenvalue weighted by atomic mass is 9.95. The Labute approximate surface area is 163 Å². The Kier molecular flexibility index (Phi) is 6.44. The third kappa shape index (κ3) is 4.64. The zero-order chi connectivity index (χ0) is 21.7. The summed E-state index contributed by atoms with van der Waals surface area (Å²) in [6.45, 7) is 1.27. The van der Waals surface area contributed by atoms with Gasteiger partial charge in [0.1, 0.15) is 30.2 Å². The van der Waals surface area contributed by atoms with Gasteiger partial charge in [0, 0.05) is 12.5 Å². The van der Waals surface area contributed by atoms with Gasteiger partial charge >= 0.3 is 17.9 Å². The number of methoxy groups -OCH3 is 1. The molecule has 0 radical (unpaired) electrons. The minimum absolute atomic E-state index is 0.00282. The highest BCUT2D eigenvalue weighted by Gasteiger charge is 2.27. The number of pyridine rings is 1. The first-order valence-electron chi connectivity index (χ1n) is 8.14. The first-order valence-corrected chi connectivity index (χ1v) is 8.14. The van der Waals surface area contributed by atoms with E-state index in [0.717, 1.165) is 0 Å². The molecule has 154 valence electrons. The molecule has 0 amide bonds. The number of hydrogen-bond acceptors (Lipinski definition) is 8. The highest BCUT2D eigenvalue weighted by molar-refractivity contribution is 6.07. The van der Waals surface area contributed by atoms with Gasteiger partial charge in [0.05, 0.1) is 7.11 Å². The number of esters is 1. The van der Waals surface area contributed by atoms with Crippen LogP contribution in [0.5, 0.6) is 11.5 Å². The predicted octanol–water partition coefficient (Wildman–Crippen LogP) is 0.971. The molecule has 0 aliphatic carbocycles. The molecule has 0 atom stereocenters. The standard InChI is InChI=1S/C18H18N2O9/c1-8(21)28-5-6-29-10-4-3-9(7-11(10)27-2)12-13(17(23)24)15(19)20-16(22)14(12)18(25)26/h3-4,7H,5-6H2,1-2H3,(H,23,24)(H,25,26)(H3,19,20,22). The number of aromatic carboxylic acids is 2. The fourth-order valence-corrected chi connectivity index (χ4v) is 2.61. The number of nitrogens with two attached hydrogens (primary N) is 1. The number of hydrogen-bond donors (Lipinski definition) is 4. The molecule has 1 heterocycles. The molecule has 0 bridgehead atoms. The molecule has 0 saturated carbocycles. The molecule has 0 saturated heterocycles. The van der Waals surface area contributed by atoms with Crippen molar-refractivity contribution >= 4 is 23.7 Å². The van der Waals surface area contributed by atoms with E-state index in [4.69, 9.17) is 19.9 Å². The third-order valence-electron chi connectivity index (χ3n) is 3.77. The number of benzene rings is 1. The van der Waals surface area contributed by atoms with Gasteiger partial charge in [-0.25, -0.2) is 9.59 Å². The van der Waals surface area contributed by atoms with Crippen molar-refractivity contribution in [1.29, 1.82) is 0 Å². The number of aromatic nitrogens is 1. The van der Waals surface area contributed by atoms with E-state index >= 15 is 0 Å². The van der Waals surface area contributed by atoms with E-state index < -0.39 is 40.4 Å². The lowest BCUT2D eigenvalue weighted by molar-refractivity contribution is -0.141. The van der Waals surface area contributed by atoms with Crippen LogP contribution in [0.1, 0.15) is 27.6 Å². The number of carbonyl (C=O) groups excluding carboxylic acids is 1. The van der Waals surface area contributed by atoms with E-state index in [0.29, 0.717) is 0 Å². The molecular formula is C18H18N2O9. The zero-order valence-corrected chi connectivity index (χ0v) is 15.5. The van der Waals surface area contributed by atoms with Crippen LogP contribution in [0, 0.1) is 0 Å². The maximum atomic E-state index is 12.1. The van der Waals surface area contributed by atoms with Gasteiger partial charge < -0.3 is 35.1 Å². The summed E-state index contributed by atoms with van der Waals surface area (Å²) in [6.07, 6.45) is 0. The molecule has 0 unspecified atom stereocenters. The van der Waals surface area contributed by atoms with E-state index in [1.54, 1.807) is 0 Å². The van der Waals surface area contributed by atoms with Gasteiger partial charge in [-0.15, -0.1) is 0 Å². The van der Waals surface area contributed by atoms with Crippen LogP contribution in [-0.2, 0) is 9.53 Å². The Morgan fingerprint density at radius 3 is 2.28 bits per heavy atom. The van der Waals surface area contributed by atoms with Crippen molar-refractivity contribution in [3.8, 4) is 22.6 Å². The number of rotatable bonds is 8. The monoisotopic (exact) mass is 406 g/mol. The van der Waals surface area contributed by atoms with Crippen molar-refractivity contribution in [3.63, 3.8) is 0 Å². The highest BCUT2D eigenvalue weighted by Crippen LogP contribution is 2.36. The van der Waals surface area contributed by atoms with Crippen molar-refractivity contribution in [2.45, 2.75) is 6.92 Å². The molecule has 29 heavy (non-hydrogen) atoms. The van der Waals surface area contributed by atoms with Gasteiger partial charge in [0.25, 0.3) is 5.56 Å². The number of anilines is 1. The normalized spacial score (nSPS) is 10.3. The van der Waals surface area contributed by atoms with Crippen LogP contribution in [0.2, 0.25) is 0 Å². The van der Waals surface area contributed by atoms with Crippen LogP contribution in [-0.4, -0.2) is 53.4 Å². The Morgan fingerprint density at radius 1 is 1.07 bits per heavy atom. The smallest absolute Gasteiger partial charge is 0.342 e. The van der Waals surface area contributed by atoms with Crippen molar-refractivity contribution in [3.05, 3.63) is 39.7 Å². The van der Waals surface area contributed by atoms with Gasteiger partial charge in [0.15, 0.2) is 11.5 Å². The van der Waals surface area contributed by atoms with Crippen LogP contribution in [0.25, 0.3) is 11.1 Å². The number of nitrogen functional groups attached to an aromatic ring is 1. The second-order valence-corrected chi connectivity index (χ2v) is 5.66. The van der Waals surface area contributed by atoms with Crippen LogP contribution in [0.15, 0.2) is 23.0 Å². The first kappa shape index (κ1) is 21.3. The summed E-state index contributed by atoms with van der Waals surface area (Å²) in [4.78, 5) is 48.2. The maximum Gasteiger partial charge on any atom is 0.342 e. The summed E-state index contributed by atoms with van der Waals surface area (Å²) >= 11 is 0. The SMILES string of the molecule is COc1cc(-c2c(C(=O)O)c(N)[nH]c(=O)c2C(=O)O)ccc1OCCOC(C)=O. The number of carboxylic acid groups (broad SMARTS) is 2. The number of ether oxygens (including phenoxy) is 3. The summed E-state index contributed by atoms with van der Waals surface area (Å²) < 4.78 is 15.4. The minimum Gasteiger partial charge on any atom is -0.493 e. The summed E-state index contributed by atoms with van der Waals surface area (Å²) in [7, 11) is 1.32. The van der Waals surface area contributed by atoms with Crippen molar-refractivity contribution < 1.29 is 38.8 Å². The fourth-order valence-electron chi connectivity index (χ4n) is 2.61.